The Labute approximate surface area is 196 Å². The number of nitrogens with zero attached hydrogens (tertiary/aromatic N) is 2. The highest BCUT2D eigenvalue weighted by Gasteiger charge is 2.20. The number of ether oxygens (including phenoxy) is 3. The minimum absolute atomic E-state index is 0.141. The van der Waals surface area contributed by atoms with Crippen LogP contribution >= 0.6 is 0 Å². The third-order valence-electron chi connectivity index (χ3n) is 5.31. The summed E-state index contributed by atoms with van der Waals surface area (Å²) in [5, 5.41) is 7.53. The van der Waals surface area contributed by atoms with E-state index in [-0.39, 0.29) is 18.2 Å². The Bertz CT molecular complexity index is 1300. The molecular weight excluding hydrogens is 437 g/mol. The van der Waals surface area contributed by atoms with Gasteiger partial charge in [-0.2, -0.15) is 5.10 Å². The lowest BCUT2D eigenvalue weighted by Crippen LogP contribution is -2.23. The van der Waals surface area contributed by atoms with Gasteiger partial charge in [-0.1, -0.05) is 24.3 Å². The van der Waals surface area contributed by atoms with Crippen molar-refractivity contribution in [3.63, 3.8) is 0 Å². The van der Waals surface area contributed by atoms with Crippen LogP contribution in [0, 0.1) is 5.82 Å². The largest absolute Gasteiger partial charge is 0.494 e. The van der Waals surface area contributed by atoms with E-state index in [9.17, 15) is 9.18 Å². The van der Waals surface area contributed by atoms with Gasteiger partial charge >= 0.3 is 0 Å². The highest BCUT2D eigenvalue weighted by molar-refractivity contribution is 6.00. The lowest BCUT2D eigenvalue weighted by molar-refractivity contribution is 0.0951. The van der Waals surface area contributed by atoms with Crippen LogP contribution in [0.25, 0.3) is 16.9 Å². The molecule has 7 nitrogen and oxygen atoms in total. The summed E-state index contributed by atoms with van der Waals surface area (Å²) in [6, 6.07) is 19.4. The van der Waals surface area contributed by atoms with Crippen molar-refractivity contribution in [2.24, 2.45) is 0 Å². The van der Waals surface area contributed by atoms with Crippen molar-refractivity contribution in [2.45, 2.75) is 6.54 Å². The van der Waals surface area contributed by atoms with Gasteiger partial charge in [0.15, 0.2) is 23.1 Å². The van der Waals surface area contributed by atoms with E-state index in [2.05, 4.69) is 10.4 Å². The number of hydrogen-bond acceptors (Lipinski definition) is 5. The molecule has 8 heteroatoms. The summed E-state index contributed by atoms with van der Waals surface area (Å²) in [5.74, 6) is 0.408. The van der Waals surface area contributed by atoms with Gasteiger partial charge in [0.25, 0.3) is 5.91 Å². The van der Waals surface area contributed by atoms with E-state index in [1.807, 2.05) is 36.4 Å². The SMILES string of the molecule is COc1ccc(CNC(=O)c2cn(-c3ccccc3)nc2-c2ccc(OC)c(OC)c2)cc1F. The van der Waals surface area contributed by atoms with Crippen molar-refractivity contribution in [1.29, 1.82) is 0 Å². The van der Waals surface area contributed by atoms with Crippen LogP contribution < -0.4 is 19.5 Å². The van der Waals surface area contributed by atoms with Gasteiger partial charge in [0.1, 0.15) is 5.69 Å². The van der Waals surface area contributed by atoms with Crippen LogP contribution in [0.15, 0.2) is 72.9 Å². The summed E-state index contributed by atoms with van der Waals surface area (Å²) in [7, 11) is 4.51. The molecule has 1 heterocycles. The Kier molecular flexibility index (Phi) is 6.77. The molecule has 3 aromatic carbocycles. The van der Waals surface area contributed by atoms with Crippen molar-refractivity contribution < 1.29 is 23.4 Å². The molecule has 4 rings (SSSR count). The average Bonchev–Trinajstić information content (AvgIpc) is 3.33. The topological polar surface area (TPSA) is 74.6 Å². The molecule has 0 fully saturated rings. The van der Waals surface area contributed by atoms with Crippen LogP contribution in [0.2, 0.25) is 0 Å². The quantitative estimate of drug-likeness (QED) is 0.414. The first-order chi connectivity index (χ1) is 16.5. The second-order valence-electron chi connectivity index (χ2n) is 7.39. The molecule has 0 aliphatic rings. The highest BCUT2D eigenvalue weighted by atomic mass is 19.1. The number of aromatic nitrogens is 2. The Balaban J connectivity index is 1.68. The van der Waals surface area contributed by atoms with Gasteiger partial charge in [0, 0.05) is 18.3 Å². The number of methoxy groups -OCH3 is 3. The van der Waals surface area contributed by atoms with Crippen LogP contribution in [-0.4, -0.2) is 37.0 Å². The van der Waals surface area contributed by atoms with E-state index < -0.39 is 5.82 Å². The van der Waals surface area contributed by atoms with Gasteiger partial charge in [-0.25, -0.2) is 9.07 Å². The molecule has 0 bridgehead atoms. The Hall–Kier alpha value is -4.33. The minimum atomic E-state index is -0.489. The number of halogens is 1. The first-order valence-corrected chi connectivity index (χ1v) is 10.5. The second kappa shape index (κ2) is 10.1. The van der Waals surface area contributed by atoms with E-state index in [4.69, 9.17) is 14.2 Å². The maximum absolute atomic E-state index is 14.0. The third kappa shape index (κ3) is 4.71. The number of benzene rings is 3. The Morgan fingerprint density at radius 2 is 1.62 bits per heavy atom. The summed E-state index contributed by atoms with van der Waals surface area (Å²) in [6.07, 6.45) is 1.67. The first-order valence-electron chi connectivity index (χ1n) is 10.5. The number of nitrogens with one attached hydrogen (secondary N) is 1. The molecule has 1 amide bonds. The van der Waals surface area contributed by atoms with E-state index in [1.165, 1.54) is 19.2 Å². The van der Waals surface area contributed by atoms with Crippen LogP contribution in [0.3, 0.4) is 0 Å². The predicted molar refractivity (Wildman–Crippen MR) is 126 cm³/mol. The van der Waals surface area contributed by atoms with E-state index >= 15 is 0 Å². The van der Waals surface area contributed by atoms with Crippen LogP contribution in [0.4, 0.5) is 4.39 Å². The molecule has 174 valence electrons. The molecule has 1 N–H and O–H groups in total. The smallest absolute Gasteiger partial charge is 0.255 e. The van der Waals surface area contributed by atoms with Crippen molar-refractivity contribution in [3.05, 3.63) is 89.9 Å². The molecule has 0 saturated heterocycles. The van der Waals surface area contributed by atoms with Gasteiger partial charge in [-0.05, 0) is 48.0 Å². The van der Waals surface area contributed by atoms with Crippen molar-refractivity contribution in [1.82, 2.24) is 15.1 Å². The van der Waals surface area contributed by atoms with E-state index in [0.29, 0.717) is 33.9 Å². The van der Waals surface area contributed by atoms with Gasteiger partial charge in [-0.15, -0.1) is 0 Å². The average molecular weight is 461 g/mol. The van der Waals surface area contributed by atoms with E-state index in [0.717, 1.165) is 5.69 Å². The zero-order valence-electron chi connectivity index (χ0n) is 19.0. The van der Waals surface area contributed by atoms with Gasteiger partial charge in [-0.3, -0.25) is 4.79 Å². The number of hydrogen-bond donors (Lipinski definition) is 1. The zero-order valence-corrected chi connectivity index (χ0v) is 19.0. The van der Waals surface area contributed by atoms with E-state index in [1.54, 1.807) is 43.3 Å². The van der Waals surface area contributed by atoms with Gasteiger partial charge in [0.2, 0.25) is 0 Å². The maximum atomic E-state index is 14.0. The van der Waals surface area contributed by atoms with Crippen LogP contribution in [-0.2, 0) is 6.54 Å². The van der Waals surface area contributed by atoms with Crippen molar-refractivity contribution >= 4 is 5.91 Å². The second-order valence-corrected chi connectivity index (χ2v) is 7.39. The summed E-state index contributed by atoms with van der Waals surface area (Å²) in [5.41, 5.74) is 2.94. The molecule has 0 saturated carbocycles. The molecule has 4 aromatic rings. The van der Waals surface area contributed by atoms with Crippen LogP contribution in [0.5, 0.6) is 17.2 Å². The van der Waals surface area contributed by atoms with Gasteiger partial charge in [0.05, 0.1) is 32.6 Å². The first kappa shape index (κ1) is 22.8. The van der Waals surface area contributed by atoms with Crippen molar-refractivity contribution in [3.8, 4) is 34.2 Å². The van der Waals surface area contributed by atoms with Gasteiger partial charge < -0.3 is 19.5 Å². The Morgan fingerprint density at radius 3 is 2.29 bits per heavy atom. The molecule has 0 aliphatic carbocycles. The summed E-state index contributed by atoms with van der Waals surface area (Å²) in [4.78, 5) is 13.2. The summed E-state index contributed by atoms with van der Waals surface area (Å²) >= 11 is 0. The molecule has 0 unspecified atom stereocenters. The molecule has 34 heavy (non-hydrogen) atoms. The minimum Gasteiger partial charge on any atom is -0.494 e. The summed E-state index contributed by atoms with van der Waals surface area (Å²) in [6.45, 7) is 0.141. The lowest BCUT2D eigenvalue weighted by Gasteiger charge is -2.10. The number of rotatable bonds is 8. The molecular formula is C26H24FN3O4. The lowest BCUT2D eigenvalue weighted by atomic mass is 10.1. The fourth-order valence-electron chi connectivity index (χ4n) is 3.55. The fraction of sp³-hybridized carbons (Fsp3) is 0.154. The Morgan fingerprint density at radius 1 is 0.912 bits per heavy atom. The third-order valence-corrected chi connectivity index (χ3v) is 5.31. The monoisotopic (exact) mass is 461 g/mol. The molecule has 0 atom stereocenters. The molecule has 0 spiro atoms. The number of carbonyl (C=O) groups excluding carboxylic acids is 1. The number of carbonyl (C=O) groups is 1. The van der Waals surface area contributed by atoms with Crippen molar-refractivity contribution in [2.75, 3.05) is 21.3 Å². The normalized spacial score (nSPS) is 10.6. The summed E-state index contributed by atoms with van der Waals surface area (Å²) < 4.78 is 31.4. The molecule has 0 aliphatic heterocycles. The predicted octanol–water partition coefficient (Wildman–Crippen LogP) is 4.63. The maximum Gasteiger partial charge on any atom is 0.255 e. The number of para-hydroxylation sites is 1. The zero-order chi connectivity index (χ0) is 24.1. The number of amides is 1. The molecule has 1 aromatic heterocycles. The standard InChI is InChI=1S/C26H24FN3O4/c1-32-22-11-9-17(13-21(22)27)15-28-26(31)20-16-30(19-7-5-4-6-8-19)29-25(20)18-10-12-23(33-2)24(14-18)34-3/h4-14,16H,15H2,1-3H3,(H,28,31). The highest BCUT2D eigenvalue weighted by Crippen LogP contribution is 2.33. The fourth-order valence-corrected chi connectivity index (χ4v) is 3.55. The van der Waals surface area contributed by atoms with Crippen LogP contribution in [0.1, 0.15) is 15.9 Å². The molecule has 0 radical (unpaired) electrons.